The number of thiazole rings is 1. The third kappa shape index (κ3) is 4.96. The molecule has 2 aromatic rings. The highest BCUT2D eigenvalue weighted by Gasteiger charge is 2.10. The largest absolute Gasteiger partial charge is 0.497 e. The Morgan fingerprint density at radius 2 is 1.87 bits per heavy atom. The fourth-order valence-electron chi connectivity index (χ4n) is 2.06. The lowest BCUT2D eigenvalue weighted by atomic mass is 10.1. The maximum absolute atomic E-state index is 12.1. The van der Waals surface area contributed by atoms with Gasteiger partial charge in [-0.15, -0.1) is 11.3 Å². The van der Waals surface area contributed by atoms with Crippen LogP contribution in [0.5, 0.6) is 11.5 Å². The highest BCUT2D eigenvalue weighted by molar-refractivity contribution is 7.13. The van der Waals surface area contributed by atoms with Crippen molar-refractivity contribution >= 4 is 22.4 Å². The number of carbonyl (C=O) groups is 1. The maximum Gasteiger partial charge on any atom is 0.226 e. The van der Waals surface area contributed by atoms with E-state index in [9.17, 15) is 4.79 Å². The van der Waals surface area contributed by atoms with Crippen LogP contribution in [-0.2, 0) is 11.2 Å². The summed E-state index contributed by atoms with van der Waals surface area (Å²) in [7, 11) is 3.22. The van der Waals surface area contributed by atoms with Crippen LogP contribution in [-0.4, -0.2) is 25.1 Å². The standard InChI is InChI=1S/C17H22N2O3S/c1-11(2)15-10-23-17(18-15)19-16(20)6-5-12-7-13(21-3)9-14(8-12)22-4/h7-11H,5-6H2,1-4H3,(H,18,19,20). The molecule has 5 nitrogen and oxygen atoms in total. The van der Waals surface area contributed by atoms with Crippen molar-refractivity contribution in [1.82, 2.24) is 4.98 Å². The molecule has 1 amide bonds. The Kier molecular flexibility index (Phi) is 5.98. The van der Waals surface area contributed by atoms with Gasteiger partial charge < -0.3 is 14.8 Å². The summed E-state index contributed by atoms with van der Waals surface area (Å²) in [6.07, 6.45) is 0.995. The summed E-state index contributed by atoms with van der Waals surface area (Å²) in [5.41, 5.74) is 2.00. The third-order valence-electron chi connectivity index (χ3n) is 3.41. The van der Waals surface area contributed by atoms with Gasteiger partial charge in [-0.1, -0.05) is 13.8 Å². The van der Waals surface area contributed by atoms with Gasteiger partial charge in [0.15, 0.2) is 5.13 Å². The minimum atomic E-state index is -0.0450. The zero-order valence-electron chi connectivity index (χ0n) is 13.9. The molecule has 124 valence electrons. The lowest BCUT2D eigenvalue weighted by Gasteiger charge is -2.08. The minimum Gasteiger partial charge on any atom is -0.497 e. The predicted octanol–water partition coefficient (Wildman–Crippen LogP) is 3.86. The van der Waals surface area contributed by atoms with Crippen LogP contribution in [0.25, 0.3) is 0 Å². The summed E-state index contributed by atoms with van der Waals surface area (Å²) in [5.74, 6) is 1.76. The fraction of sp³-hybridized carbons (Fsp3) is 0.412. The molecule has 0 bridgehead atoms. The summed E-state index contributed by atoms with van der Waals surface area (Å²) in [4.78, 5) is 16.5. The Bertz CT molecular complexity index is 645. The summed E-state index contributed by atoms with van der Waals surface area (Å²) >= 11 is 1.46. The van der Waals surface area contributed by atoms with Gasteiger partial charge in [-0.3, -0.25) is 4.79 Å². The number of anilines is 1. The van der Waals surface area contributed by atoms with E-state index in [0.29, 0.717) is 23.9 Å². The molecule has 0 spiro atoms. The lowest BCUT2D eigenvalue weighted by Crippen LogP contribution is -2.12. The normalized spacial score (nSPS) is 10.7. The average Bonchev–Trinajstić information content (AvgIpc) is 3.01. The second-order valence-corrected chi connectivity index (χ2v) is 6.36. The molecule has 0 aliphatic heterocycles. The van der Waals surface area contributed by atoms with Crippen LogP contribution in [0.1, 0.15) is 37.4 Å². The van der Waals surface area contributed by atoms with Crippen LogP contribution in [0.15, 0.2) is 23.6 Å². The number of carbonyl (C=O) groups excluding carboxylic acids is 1. The van der Waals surface area contributed by atoms with Gasteiger partial charge in [-0.25, -0.2) is 4.98 Å². The predicted molar refractivity (Wildman–Crippen MR) is 92.7 cm³/mol. The van der Waals surface area contributed by atoms with E-state index in [-0.39, 0.29) is 5.91 Å². The number of amides is 1. The molecule has 1 heterocycles. The minimum absolute atomic E-state index is 0.0450. The molecule has 0 fully saturated rings. The molecule has 0 radical (unpaired) electrons. The molecule has 0 aliphatic carbocycles. The van der Waals surface area contributed by atoms with Crippen LogP contribution >= 0.6 is 11.3 Å². The second kappa shape index (κ2) is 7.97. The number of rotatable bonds is 7. The molecule has 23 heavy (non-hydrogen) atoms. The first-order valence-electron chi connectivity index (χ1n) is 7.49. The van der Waals surface area contributed by atoms with Gasteiger partial charge in [0.1, 0.15) is 11.5 Å². The maximum atomic E-state index is 12.1. The Balaban J connectivity index is 1.93. The molecule has 0 atom stereocenters. The number of hydrogen-bond donors (Lipinski definition) is 1. The summed E-state index contributed by atoms with van der Waals surface area (Å²) in [6.45, 7) is 4.16. The van der Waals surface area contributed by atoms with Gasteiger partial charge in [0.2, 0.25) is 5.91 Å². The van der Waals surface area contributed by atoms with Crippen LogP contribution in [0.3, 0.4) is 0 Å². The van der Waals surface area contributed by atoms with Crippen molar-refractivity contribution in [2.45, 2.75) is 32.6 Å². The summed E-state index contributed by atoms with van der Waals surface area (Å²) in [5, 5.41) is 5.48. The van der Waals surface area contributed by atoms with Crippen molar-refractivity contribution in [3.8, 4) is 11.5 Å². The van der Waals surface area contributed by atoms with Gasteiger partial charge in [0, 0.05) is 17.9 Å². The van der Waals surface area contributed by atoms with Gasteiger partial charge >= 0.3 is 0 Å². The van der Waals surface area contributed by atoms with Crippen molar-refractivity contribution in [1.29, 1.82) is 0 Å². The van der Waals surface area contributed by atoms with E-state index in [2.05, 4.69) is 24.1 Å². The SMILES string of the molecule is COc1cc(CCC(=O)Nc2nc(C(C)C)cs2)cc(OC)c1. The number of ether oxygens (including phenoxy) is 2. The molecule has 1 aromatic heterocycles. The highest BCUT2D eigenvalue weighted by Crippen LogP contribution is 2.24. The number of nitrogens with zero attached hydrogens (tertiary/aromatic N) is 1. The molecule has 0 saturated heterocycles. The van der Waals surface area contributed by atoms with E-state index in [1.807, 2.05) is 23.6 Å². The number of aromatic nitrogens is 1. The quantitative estimate of drug-likeness (QED) is 0.835. The third-order valence-corrected chi connectivity index (χ3v) is 4.19. The smallest absolute Gasteiger partial charge is 0.226 e. The van der Waals surface area contributed by atoms with Crippen molar-refractivity contribution < 1.29 is 14.3 Å². The van der Waals surface area contributed by atoms with Crippen LogP contribution in [0.2, 0.25) is 0 Å². The van der Waals surface area contributed by atoms with E-state index < -0.39 is 0 Å². The van der Waals surface area contributed by atoms with Gasteiger partial charge in [-0.05, 0) is 30.0 Å². The first-order valence-corrected chi connectivity index (χ1v) is 8.37. The summed E-state index contributed by atoms with van der Waals surface area (Å²) < 4.78 is 10.5. The van der Waals surface area contributed by atoms with E-state index >= 15 is 0 Å². The van der Waals surface area contributed by atoms with E-state index in [4.69, 9.17) is 9.47 Å². The highest BCUT2D eigenvalue weighted by atomic mass is 32.1. The second-order valence-electron chi connectivity index (χ2n) is 5.50. The van der Waals surface area contributed by atoms with E-state index in [1.54, 1.807) is 14.2 Å². The number of hydrogen-bond acceptors (Lipinski definition) is 5. The lowest BCUT2D eigenvalue weighted by molar-refractivity contribution is -0.116. The first kappa shape index (κ1) is 17.3. The van der Waals surface area contributed by atoms with Crippen LogP contribution < -0.4 is 14.8 Å². The Morgan fingerprint density at radius 3 is 2.39 bits per heavy atom. The Labute approximate surface area is 140 Å². The van der Waals surface area contributed by atoms with E-state index in [1.165, 1.54) is 11.3 Å². The van der Waals surface area contributed by atoms with Gasteiger partial charge in [0.05, 0.1) is 19.9 Å². The number of methoxy groups -OCH3 is 2. The van der Waals surface area contributed by atoms with Gasteiger partial charge in [-0.2, -0.15) is 0 Å². The Hall–Kier alpha value is -2.08. The number of benzene rings is 1. The van der Waals surface area contributed by atoms with Crippen LogP contribution in [0.4, 0.5) is 5.13 Å². The number of nitrogens with one attached hydrogen (secondary N) is 1. The molecule has 0 unspecified atom stereocenters. The van der Waals surface area contributed by atoms with Crippen molar-refractivity contribution in [3.05, 3.63) is 34.8 Å². The topological polar surface area (TPSA) is 60.5 Å². The molecule has 6 heteroatoms. The summed E-state index contributed by atoms with van der Waals surface area (Å²) in [6, 6.07) is 5.64. The molecular formula is C17H22N2O3S. The fourth-order valence-corrected chi connectivity index (χ4v) is 2.95. The molecule has 0 saturated carbocycles. The zero-order valence-corrected chi connectivity index (χ0v) is 14.7. The average molecular weight is 334 g/mol. The molecular weight excluding hydrogens is 312 g/mol. The molecule has 0 aliphatic rings. The molecule has 2 rings (SSSR count). The van der Waals surface area contributed by atoms with Crippen molar-refractivity contribution in [2.24, 2.45) is 0 Å². The van der Waals surface area contributed by atoms with E-state index in [0.717, 1.165) is 22.8 Å². The number of aryl methyl sites for hydroxylation is 1. The van der Waals surface area contributed by atoms with Crippen molar-refractivity contribution in [3.63, 3.8) is 0 Å². The zero-order chi connectivity index (χ0) is 16.8. The van der Waals surface area contributed by atoms with Crippen LogP contribution in [0, 0.1) is 0 Å². The molecule has 1 N–H and O–H groups in total. The first-order chi connectivity index (χ1) is 11.0. The van der Waals surface area contributed by atoms with Crippen molar-refractivity contribution in [2.75, 3.05) is 19.5 Å². The molecule has 1 aromatic carbocycles. The monoisotopic (exact) mass is 334 g/mol. The Morgan fingerprint density at radius 1 is 1.22 bits per heavy atom. The van der Waals surface area contributed by atoms with Gasteiger partial charge in [0.25, 0.3) is 0 Å².